The molecule has 0 amide bonds. The fraction of sp³-hybridized carbons (Fsp3) is 0.417. The largest absolute Gasteiger partial charge is 0.496 e. The van der Waals surface area contributed by atoms with Gasteiger partial charge < -0.3 is 9.84 Å². The lowest BCUT2D eigenvalue weighted by Gasteiger charge is -2.30. The smallest absolute Gasteiger partial charge is 0.433 e. The van der Waals surface area contributed by atoms with Crippen molar-refractivity contribution in [3.8, 4) is 5.75 Å². The molecule has 1 N–H and O–H groups in total. The Hall–Kier alpha value is -1.77. The summed E-state index contributed by atoms with van der Waals surface area (Å²) in [6.07, 6.45) is -13.6. The van der Waals surface area contributed by atoms with E-state index in [0.29, 0.717) is 0 Å². The fourth-order valence-electron chi connectivity index (χ4n) is 1.63. The summed E-state index contributed by atoms with van der Waals surface area (Å²) < 4.78 is 79.8. The summed E-state index contributed by atoms with van der Waals surface area (Å²) in [7, 11) is 1.14. The molecule has 1 aromatic rings. The molecule has 0 aliphatic heterocycles. The van der Waals surface area contributed by atoms with Crippen molar-refractivity contribution >= 4 is 5.78 Å². The first-order chi connectivity index (χ1) is 9.45. The quantitative estimate of drug-likeness (QED) is 0.869. The van der Waals surface area contributed by atoms with E-state index in [1.807, 2.05) is 0 Å². The number of methoxy groups -OCH3 is 1. The van der Waals surface area contributed by atoms with Gasteiger partial charge in [-0.05, 0) is 6.07 Å². The molecule has 0 aliphatic rings. The van der Waals surface area contributed by atoms with Gasteiger partial charge in [0, 0.05) is 12.0 Å². The third-order valence-electron chi connectivity index (χ3n) is 2.77. The predicted octanol–water partition coefficient (Wildman–Crippen LogP) is 2.66. The topological polar surface area (TPSA) is 46.5 Å². The molecule has 0 unspecified atom stereocenters. The number of aliphatic hydroxyl groups is 1. The number of halogens is 6. The number of hydrogen-bond donors (Lipinski definition) is 1. The van der Waals surface area contributed by atoms with Gasteiger partial charge in [-0.1, -0.05) is 18.2 Å². The first kappa shape index (κ1) is 17.3. The van der Waals surface area contributed by atoms with E-state index in [9.17, 15) is 31.1 Å². The zero-order valence-electron chi connectivity index (χ0n) is 10.5. The maximum Gasteiger partial charge on any atom is 0.433 e. The van der Waals surface area contributed by atoms with Gasteiger partial charge in [-0.2, -0.15) is 26.3 Å². The standard InChI is InChI=1S/C12H10F6O3/c1-21-8-5-3-2-4-7(8)6-9(19)10(20,11(13,14)15)12(16,17)18/h2-5,20H,6H2,1H3. The Morgan fingerprint density at radius 2 is 1.57 bits per heavy atom. The molecule has 118 valence electrons. The molecule has 0 atom stereocenters. The second-order valence-electron chi connectivity index (χ2n) is 4.12. The van der Waals surface area contributed by atoms with Crippen molar-refractivity contribution in [2.45, 2.75) is 24.4 Å². The minimum atomic E-state index is -6.18. The van der Waals surface area contributed by atoms with E-state index in [1.54, 1.807) is 0 Å². The normalized spacial score (nSPS) is 13.1. The van der Waals surface area contributed by atoms with E-state index in [0.717, 1.165) is 13.2 Å². The lowest BCUT2D eigenvalue weighted by molar-refractivity contribution is -0.349. The number of ketones is 1. The van der Waals surface area contributed by atoms with Crippen LogP contribution in [0.1, 0.15) is 5.56 Å². The number of benzene rings is 1. The highest BCUT2D eigenvalue weighted by atomic mass is 19.4. The monoisotopic (exact) mass is 316 g/mol. The van der Waals surface area contributed by atoms with Crippen LogP contribution in [0.25, 0.3) is 0 Å². The molecular weight excluding hydrogens is 306 g/mol. The number of alkyl halides is 6. The molecule has 0 radical (unpaired) electrons. The van der Waals surface area contributed by atoms with Gasteiger partial charge in [0.25, 0.3) is 0 Å². The molecule has 21 heavy (non-hydrogen) atoms. The highest BCUT2D eigenvalue weighted by molar-refractivity contribution is 5.91. The summed E-state index contributed by atoms with van der Waals surface area (Å²) >= 11 is 0. The molecule has 0 aliphatic carbocycles. The minimum absolute atomic E-state index is 0.0578. The average Bonchev–Trinajstić information content (AvgIpc) is 2.35. The van der Waals surface area contributed by atoms with Gasteiger partial charge in [0.2, 0.25) is 0 Å². The van der Waals surface area contributed by atoms with Crippen molar-refractivity contribution in [3.05, 3.63) is 29.8 Å². The van der Waals surface area contributed by atoms with Gasteiger partial charge in [-0.25, -0.2) is 0 Å². The number of Topliss-reactive ketones (excluding diaryl/α,β-unsaturated/α-hetero) is 1. The number of hydrogen-bond acceptors (Lipinski definition) is 3. The summed E-state index contributed by atoms with van der Waals surface area (Å²) in [6, 6.07) is 5.13. The number of carbonyl (C=O) groups excluding carboxylic acids is 1. The Balaban J connectivity index is 3.21. The van der Waals surface area contributed by atoms with E-state index in [4.69, 9.17) is 9.84 Å². The zero-order valence-corrected chi connectivity index (χ0v) is 10.5. The van der Waals surface area contributed by atoms with E-state index in [2.05, 4.69) is 0 Å². The maximum atomic E-state index is 12.5. The van der Waals surface area contributed by atoms with Crippen molar-refractivity contribution in [2.75, 3.05) is 7.11 Å². The van der Waals surface area contributed by atoms with Crippen LogP contribution in [0.4, 0.5) is 26.3 Å². The molecule has 9 heteroatoms. The van der Waals surface area contributed by atoms with Gasteiger partial charge in [0.05, 0.1) is 7.11 Å². The molecule has 0 saturated heterocycles. The van der Waals surface area contributed by atoms with Crippen LogP contribution in [0.3, 0.4) is 0 Å². The summed E-state index contributed by atoms with van der Waals surface area (Å²) in [5.74, 6) is -2.48. The Labute approximate surface area is 115 Å². The number of para-hydroxylation sites is 1. The zero-order chi connectivity index (χ0) is 16.5. The first-order valence-corrected chi connectivity index (χ1v) is 5.46. The molecule has 1 rings (SSSR count). The van der Waals surface area contributed by atoms with Gasteiger partial charge in [-0.15, -0.1) is 0 Å². The molecule has 0 heterocycles. The Kier molecular flexibility index (Phi) is 4.57. The lowest BCUT2D eigenvalue weighted by Crippen LogP contribution is -2.62. The maximum absolute atomic E-state index is 12.5. The molecular formula is C12H10F6O3. The summed E-state index contributed by atoms with van der Waals surface area (Å²) in [4.78, 5) is 11.5. The first-order valence-electron chi connectivity index (χ1n) is 5.46. The third-order valence-corrected chi connectivity index (χ3v) is 2.77. The minimum Gasteiger partial charge on any atom is -0.496 e. The number of ether oxygens (including phenoxy) is 1. The summed E-state index contributed by atoms with van der Waals surface area (Å²) in [5.41, 5.74) is -5.61. The second-order valence-corrected chi connectivity index (χ2v) is 4.12. The average molecular weight is 316 g/mol. The van der Waals surface area contributed by atoms with Gasteiger partial charge in [-0.3, -0.25) is 4.79 Å². The van der Waals surface area contributed by atoms with Crippen molar-refractivity contribution in [2.24, 2.45) is 0 Å². The summed E-state index contributed by atoms with van der Waals surface area (Å²) in [6.45, 7) is 0. The highest BCUT2D eigenvalue weighted by Gasteiger charge is 2.74. The van der Waals surface area contributed by atoms with Crippen LogP contribution in [-0.2, 0) is 11.2 Å². The Morgan fingerprint density at radius 3 is 2.00 bits per heavy atom. The second kappa shape index (κ2) is 5.55. The highest BCUT2D eigenvalue weighted by Crippen LogP contribution is 2.44. The third kappa shape index (κ3) is 3.12. The molecule has 0 bridgehead atoms. The van der Waals surface area contributed by atoms with Crippen molar-refractivity contribution in [1.29, 1.82) is 0 Å². The SMILES string of the molecule is COc1ccccc1CC(=O)C(O)(C(F)(F)F)C(F)(F)F. The van der Waals surface area contributed by atoms with Crippen LogP contribution in [0.2, 0.25) is 0 Å². The van der Waals surface area contributed by atoms with E-state index >= 15 is 0 Å². The van der Waals surface area contributed by atoms with Crippen LogP contribution in [0, 0.1) is 0 Å². The van der Waals surface area contributed by atoms with Crippen molar-refractivity contribution in [1.82, 2.24) is 0 Å². The molecule has 0 saturated carbocycles. The van der Waals surface area contributed by atoms with Crippen molar-refractivity contribution < 1.29 is 41.0 Å². The molecule has 3 nitrogen and oxygen atoms in total. The van der Waals surface area contributed by atoms with E-state index < -0.39 is 30.2 Å². The molecule has 1 aromatic carbocycles. The van der Waals surface area contributed by atoms with Gasteiger partial charge in [0.1, 0.15) is 5.75 Å². The molecule has 0 spiro atoms. The lowest BCUT2D eigenvalue weighted by atomic mass is 9.91. The van der Waals surface area contributed by atoms with Crippen LogP contribution in [0.5, 0.6) is 5.75 Å². The fourth-order valence-corrected chi connectivity index (χ4v) is 1.63. The van der Waals surface area contributed by atoms with Crippen LogP contribution >= 0.6 is 0 Å². The number of carbonyl (C=O) groups is 1. The molecule has 0 fully saturated rings. The van der Waals surface area contributed by atoms with Gasteiger partial charge >= 0.3 is 18.0 Å². The van der Waals surface area contributed by atoms with E-state index in [-0.39, 0.29) is 11.3 Å². The van der Waals surface area contributed by atoms with E-state index in [1.165, 1.54) is 18.2 Å². The van der Waals surface area contributed by atoms with Gasteiger partial charge in [0.15, 0.2) is 5.78 Å². The predicted molar refractivity (Wildman–Crippen MR) is 58.8 cm³/mol. The van der Waals surface area contributed by atoms with Crippen LogP contribution in [0.15, 0.2) is 24.3 Å². The van der Waals surface area contributed by atoms with Crippen molar-refractivity contribution in [3.63, 3.8) is 0 Å². The summed E-state index contributed by atoms with van der Waals surface area (Å²) in [5, 5.41) is 8.94. The Bertz CT molecular complexity index is 506. The van der Waals surface area contributed by atoms with Crippen LogP contribution in [-0.4, -0.2) is 36.0 Å². The van der Waals surface area contributed by atoms with Crippen LogP contribution < -0.4 is 4.74 Å². The number of rotatable bonds is 4. The Morgan fingerprint density at radius 1 is 1.10 bits per heavy atom. The molecule has 0 aromatic heterocycles.